The molecule has 3 rings (SSSR count). The van der Waals surface area contributed by atoms with E-state index in [1.54, 1.807) is 0 Å². The van der Waals surface area contributed by atoms with Crippen molar-refractivity contribution in [3.63, 3.8) is 0 Å². The van der Waals surface area contributed by atoms with Gasteiger partial charge in [-0.05, 0) is 24.7 Å². The van der Waals surface area contributed by atoms with Gasteiger partial charge in [0.1, 0.15) is 0 Å². The van der Waals surface area contributed by atoms with Crippen LogP contribution in [0.15, 0.2) is 35.3 Å². The molecule has 2 fully saturated rings. The Hall–Kier alpha value is -1.24. The molecule has 2 heterocycles. The third-order valence-corrected chi connectivity index (χ3v) is 6.10. The van der Waals surface area contributed by atoms with Crippen LogP contribution in [0.5, 0.6) is 0 Å². The third-order valence-electron chi connectivity index (χ3n) is 4.86. The molecule has 6 heteroatoms. The maximum atomic E-state index is 10.5. The van der Waals surface area contributed by atoms with Crippen LogP contribution < -0.4 is 5.32 Å². The van der Waals surface area contributed by atoms with Gasteiger partial charge >= 0.3 is 0 Å². The fourth-order valence-corrected chi connectivity index (χ4v) is 4.61. The van der Waals surface area contributed by atoms with Crippen LogP contribution in [0.2, 0.25) is 0 Å². The summed E-state index contributed by atoms with van der Waals surface area (Å²) < 4.78 is 0. The first-order valence-electron chi connectivity index (χ1n) is 9.28. The van der Waals surface area contributed by atoms with Crippen molar-refractivity contribution in [2.24, 2.45) is 4.99 Å². The second-order valence-corrected chi connectivity index (χ2v) is 8.05. The lowest BCUT2D eigenvalue weighted by Gasteiger charge is -2.36. The summed E-state index contributed by atoms with van der Waals surface area (Å²) in [7, 11) is 0. The first-order valence-corrected chi connectivity index (χ1v) is 10.4. The Bertz CT molecular complexity index is 552. The second-order valence-electron chi connectivity index (χ2n) is 6.95. The molecule has 0 radical (unpaired) electrons. The summed E-state index contributed by atoms with van der Waals surface area (Å²) in [5.74, 6) is 2.80. The third kappa shape index (κ3) is 5.36. The van der Waals surface area contributed by atoms with Crippen LogP contribution in [0.1, 0.15) is 18.9 Å². The summed E-state index contributed by atoms with van der Waals surface area (Å²) in [6.45, 7) is 8.51. The number of benzene rings is 1. The Balaban J connectivity index is 1.53. The van der Waals surface area contributed by atoms with E-state index in [4.69, 9.17) is 4.99 Å². The van der Waals surface area contributed by atoms with E-state index in [0.29, 0.717) is 6.54 Å². The molecule has 0 saturated carbocycles. The van der Waals surface area contributed by atoms with Crippen LogP contribution in [0, 0.1) is 0 Å². The minimum atomic E-state index is -0.611. The quantitative estimate of drug-likeness (QED) is 0.616. The highest BCUT2D eigenvalue weighted by Crippen LogP contribution is 2.28. The molecule has 2 aliphatic heterocycles. The molecule has 5 nitrogen and oxygen atoms in total. The van der Waals surface area contributed by atoms with Crippen LogP contribution in [0.3, 0.4) is 0 Å². The normalized spacial score (nSPS) is 25.4. The van der Waals surface area contributed by atoms with E-state index in [0.717, 1.165) is 63.2 Å². The van der Waals surface area contributed by atoms with Gasteiger partial charge in [-0.15, -0.1) is 0 Å². The molecule has 138 valence electrons. The van der Waals surface area contributed by atoms with Gasteiger partial charge in [-0.3, -0.25) is 9.89 Å². The summed E-state index contributed by atoms with van der Waals surface area (Å²) in [4.78, 5) is 9.58. The van der Waals surface area contributed by atoms with E-state index >= 15 is 0 Å². The Kier molecular flexibility index (Phi) is 6.62. The Labute approximate surface area is 155 Å². The van der Waals surface area contributed by atoms with Crippen LogP contribution >= 0.6 is 11.8 Å². The number of thioether (sulfide) groups is 1. The molecular formula is C19H30N4OS. The minimum Gasteiger partial charge on any atom is -0.387 e. The molecule has 0 spiro atoms. The first kappa shape index (κ1) is 18.5. The lowest BCUT2D eigenvalue weighted by Crippen LogP contribution is -2.52. The number of nitrogens with zero attached hydrogens (tertiary/aromatic N) is 3. The maximum absolute atomic E-state index is 10.5. The van der Waals surface area contributed by atoms with Crippen molar-refractivity contribution in [3.05, 3.63) is 35.9 Å². The van der Waals surface area contributed by atoms with Crippen LogP contribution in [-0.4, -0.2) is 77.2 Å². The Morgan fingerprint density at radius 1 is 1.24 bits per heavy atom. The van der Waals surface area contributed by atoms with Crippen molar-refractivity contribution in [3.8, 4) is 0 Å². The van der Waals surface area contributed by atoms with Gasteiger partial charge in [-0.25, -0.2) is 0 Å². The standard InChI is InChI=1S/C19H30N4OS/c1-2-20-18(21-15-19(24)8-13-25-16-19)23-11-9-22(10-12-23)14-17-6-4-3-5-7-17/h3-7,24H,2,8-16H2,1H3,(H,20,21). The average Bonchev–Trinajstić information content (AvgIpc) is 3.07. The molecular weight excluding hydrogens is 332 g/mol. The SMILES string of the molecule is CCNC(=NCC1(O)CCSC1)N1CCN(Cc2ccccc2)CC1. The molecule has 0 aromatic heterocycles. The molecule has 1 aromatic rings. The van der Waals surface area contributed by atoms with Gasteiger partial charge in [0, 0.05) is 45.0 Å². The highest BCUT2D eigenvalue weighted by atomic mass is 32.2. The van der Waals surface area contributed by atoms with E-state index in [1.165, 1.54) is 5.56 Å². The second kappa shape index (κ2) is 8.92. The van der Waals surface area contributed by atoms with Crippen molar-refractivity contribution in [2.45, 2.75) is 25.5 Å². The Morgan fingerprint density at radius 2 is 2.00 bits per heavy atom. The fraction of sp³-hybridized carbons (Fsp3) is 0.632. The number of rotatable bonds is 5. The van der Waals surface area contributed by atoms with Gasteiger partial charge in [-0.1, -0.05) is 30.3 Å². The number of aliphatic hydroxyl groups is 1. The van der Waals surface area contributed by atoms with Gasteiger partial charge in [0.15, 0.2) is 5.96 Å². The van der Waals surface area contributed by atoms with Gasteiger partial charge in [0.2, 0.25) is 0 Å². The number of guanidine groups is 1. The zero-order valence-electron chi connectivity index (χ0n) is 15.2. The summed E-state index contributed by atoms with van der Waals surface area (Å²) in [6.07, 6.45) is 0.853. The van der Waals surface area contributed by atoms with E-state index < -0.39 is 5.60 Å². The predicted octanol–water partition coefficient (Wildman–Crippen LogP) is 1.64. The summed E-state index contributed by atoms with van der Waals surface area (Å²) in [5.41, 5.74) is 0.762. The number of hydrogen-bond donors (Lipinski definition) is 2. The molecule has 25 heavy (non-hydrogen) atoms. The van der Waals surface area contributed by atoms with Gasteiger partial charge in [-0.2, -0.15) is 11.8 Å². The van der Waals surface area contributed by atoms with E-state index in [-0.39, 0.29) is 0 Å². The van der Waals surface area contributed by atoms with Crippen LogP contribution in [-0.2, 0) is 6.54 Å². The van der Waals surface area contributed by atoms with Crippen LogP contribution in [0.25, 0.3) is 0 Å². The van der Waals surface area contributed by atoms with E-state index in [1.807, 2.05) is 11.8 Å². The van der Waals surface area contributed by atoms with Crippen molar-refractivity contribution in [1.82, 2.24) is 15.1 Å². The lowest BCUT2D eigenvalue weighted by molar-refractivity contribution is 0.0773. The van der Waals surface area contributed by atoms with E-state index in [2.05, 4.69) is 52.4 Å². The van der Waals surface area contributed by atoms with Crippen LogP contribution in [0.4, 0.5) is 0 Å². The monoisotopic (exact) mass is 362 g/mol. The molecule has 0 amide bonds. The summed E-state index contributed by atoms with van der Waals surface area (Å²) in [5, 5.41) is 13.9. The highest BCUT2D eigenvalue weighted by Gasteiger charge is 2.32. The zero-order chi connectivity index (χ0) is 17.5. The minimum absolute atomic E-state index is 0.507. The number of hydrogen-bond acceptors (Lipinski definition) is 4. The summed E-state index contributed by atoms with van der Waals surface area (Å²) >= 11 is 1.82. The van der Waals surface area contributed by atoms with Gasteiger partial charge < -0.3 is 15.3 Å². The maximum Gasteiger partial charge on any atom is 0.194 e. The molecule has 1 aromatic carbocycles. The van der Waals surface area contributed by atoms with Crippen molar-refractivity contribution in [2.75, 3.05) is 50.8 Å². The topological polar surface area (TPSA) is 51.1 Å². The van der Waals surface area contributed by atoms with Gasteiger partial charge in [0.05, 0.1) is 12.1 Å². The zero-order valence-corrected chi connectivity index (χ0v) is 16.0. The van der Waals surface area contributed by atoms with E-state index in [9.17, 15) is 5.11 Å². The molecule has 0 bridgehead atoms. The number of aliphatic imine (C=N–C) groups is 1. The molecule has 1 unspecified atom stereocenters. The fourth-order valence-electron chi connectivity index (χ4n) is 3.33. The van der Waals surface area contributed by atoms with Crippen molar-refractivity contribution < 1.29 is 5.11 Å². The molecule has 0 aliphatic carbocycles. The number of nitrogens with one attached hydrogen (secondary N) is 1. The highest BCUT2D eigenvalue weighted by molar-refractivity contribution is 7.99. The number of piperazine rings is 1. The predicted molar refractivity (Wildman–Crippen MR) is 106 cm³/mol. The molecule has 2 N–H and O–H groups in total. The first-order chi connectivity index (χ1) is 12.2. The smallest absolute Gasteiger partial charge is 0.194 e. The van der Waals surface area contributed by atoms with Gasteiger partial charge in [0.25, 0.3) is 0 Å². The molecule has 2 aliphatic rings. The largest absolute Gasteiger partial charge is 0.387 e. The molecule has 1 atom stereocenters. The lowest BCUT2D eigenvalue weighted by atomic mass is 10.0. The average molecular weight is 363 g/mol. The van der Waals surface area contributed by atoms with Crippen molar-refractivity contribution in [1.29, 1.82) is 0 Å². The van der Waals surface area contributed by atoms with Crippen molar-refractivity contribution >= 4 is 17.7 Å². The summed E-state index contributed by atoms with van der Waals surface area (Å²) in [6, 6.07) is 10.7. The molecule has 2 saturated heterocycles. The Morgan fingerprint density at radius 3 is 2.64 bits per heavy atom.